The van der Waals surface area contributed by atoms with Crippen molar-refractivity contribution in [1.29, 1.82) is 0 Å². The van der Waals surface area contributed by atoms with E-state index in [1.54, 1.807) is 0 Å². The highest BCUT2D eigenvalue weighted by atomic mass is 31.2. The fourth-order valence-electron chi connectivity index (χ4n) is 10.1. The van der Waals surface area contributed by atoms with Crippen LogP contribution >= 0.6 is 7.82 Å². The molecule has 0 heterocycles. The third kappa shape index (κ3) is 73.2. The zero-order valence-electron chi connectivity index (χ0n) is 58.8. The standard InChI is InChI=1S/C80H138NO8P/c1-6-8-10-12-14-16-18-20-22-24-26-28-30-32-33-34-35-36-37-38-39-40-41-42-43-44-45-46-47-49-51-53-55-57-59-61-63-65-67-69-71-73-80(83)89-78(77-88-90(84,85)87-75-74-81(3,4)5)76-86-79(82)72-70-68-66-64-62-60-58-56-54-52-50-48-31-29-27-25-23-21-19-17-15-13-11-9-7-2/h8-11,14-17,20-23,26-29,32-33,35-36,48,50,78H,6-7,12-13,18-19,24-25,30-31,34,37-47,49,51-77H2,1-5H3/b10-8-,11-9-,16-14-,17-15-,22-20-,23-21-,28-26-,29-27-,33-32-,36-35-,50-48-. The lowest BCUT2D eigenvalue weighted by Crippen LogP contribution is -2.37. The van der Waals surface area contributed by atoms with E-state index in [-0.39, 0.29) is 32.0 Å². The van der Waals surface area contributed by atoms with Crippen LogP contribution in [0.3, 0.4) is 0 Å². The summed E-state index contributed by atoms with van der Waals surface area (Å²) in [6.45, 7) is 4.03. The fraction of sp³-hybridized carbons (Fsp3) is 0.700. The van der Waals surface area contributed by atoms with Crippen molar-refractivity contribution in [3.8, 4) is 0 Å². The molecule has 516 valence electrons. The van der Waals surface area contributed by atoms with Crippen LogP contribution in [0.25, 0.3) is 0 Å². The topological polar surface area (TPSA) is 111 Å². The molecule has 0 radical (unpaired) electrons. The van der Waals surface area contributed by atoms with Crippen LogP contribution < -0.4 is 4.89 Å². The van der Waals surface area contributed by atoms with Crippen molar-refractivity contribution < 1.29 is 42.1 Å². The Morgan fingerprint density at radius 2 is 0.600 bits per heavy atom. The Hall–Kier alpha value is -3.85. The first-order valence-electron chi connectivity index (χ1n) is 36.9. The molecule has 0 amide bonds. The molecular formula is C80H138NO8P. The molecule has 0 aromatic rings. The molecule has 0 spiro atoms. The van der Waals surface area contributed by atoms with Crippen LogP contribution in [0.5, 0.6) is 0 Å². The van der Waals surface area contributed by atoms with Gasteiger partial charge in [-0.2, -0.15) is 0 Å². The Bertz CT molecular complexity index is 1980. The predicted molar refractivity (Wildman–Crippen MR) is 388 cm³/mol. The molecule has 0 bridgehead atoms. The Kier molecular flexibility index (Phi) is 66.5. The molecule has 0 aromatic heterocycles. The quantitative estimate of drug-likeness (QED) is 0.0195. The molecule has 90 heavy (non-hydrogen) atoms. The maximum Gasteiger partial charge on any atom is 0.306 e. The molecule has 0 aromatic carbocycles. The lowest BCUT2D eigenvalue weighted by atomic mass is 10.0. The van der Waals surface area contributed by atoms with E-state index >= 15 is 0 Å². The van der Waals surface area contributed by atoms with E-state index in [4.69, 9.17) is 18.5 Å². The number of hydrogen-bond acceptors (Lipinski definition) is 8. The molecule has 0 fully saturated rings. The molecule has 0 saturated carbocycles. The van der Waals surface area contributed by atoms with E-state index in [1.807, 2.05) is 21.1 Å². The van der Waals surface area contributed by atoms with E-state index in [2.05, 4.69) is 148 Å². The maximum absolute atomic E-state index is 12.9. The minimum absolute atomic E-state index is 0.0355. The van der Waals surface area contributed by atoms with Crippen molar-refractivity contribution in [2.24, 2.45) is 0 Å². The summed E-state index contributed by atoms with van der Waals surface area (Å²) in [4.78, 5) is 38.1. The predicted octanol–water partition coefficient (Wildman–Crippen LogP) is 23.8. The highest BCUT2D eigenvalue weighted by Gasteiger charge is 2.22. The average Bonchev–Trinajstić information content (AvgIpc) is 3.62. The van der Waals surface area contributed by atoms with Crippen molar-refractivity contribution in [3.63, 3.8) is 0 Å². The normalized spacial score (nSPS) is 13.9. The van der Waals surface area contributed by atoms with Crippen LogP contribution in [0.2, 0.25) is 0 Å². The van der Waals surface area contributed by atoms with E-state index in [0.717, 1.165) is 122 Å². The van der Waals surface area contributed by atoms with Gasteiger partial charge in [0.2, 0.25) is 0 Å². The summed E-state index contributed by atoms with van der Waals surface area (Å²) in [5.41, 5.74) is 0. The molecular weight excluding hydrogens is 1130 g/mol. The van der Waals surface area contributed by atoms with Gasteiger partial charge >= 0.3 is 11.9 Å². The van der Waals surface area contributed by atoms with Gasteiger partial charge < -0.3 is 27.9 Å². The minimum Gasteiger partial charge on any atom is -0.756 e. The smallest absolute Gasteiger partial charge is 0.306 e. The van der Waals surface area contributed by atoms with E-state index in [1.165, 1.54) is 154 Å². The summed E-state index contributed by atoms with van der Waals surface area (Å²) in [6, 6.07) is 0. The number of carbonyl (C=O) groups excluding carboxylic acids is 2. The zero-order chi connectivity index (χ0) is 65.5. The van der Waals surface area contributed by atoms with Gasteiger partial charge in [0.25, 0.3) is 7.82 Å². The van der Waals surface area contributed by atoms with Gasteiger partial charge in [-0.3, -0.25) is 14.2 Å². The Labute approximate surface area is 555 Å². The second kappa shape index (κ2) is 69.5. The minimum atomic E-state index is -4.65. The largest absolute Gasteiger partial charge is 0.756 e. The average molecular weight is 1270 g/mol. The van der Waals surface area contributed by atoms with Crippen LogP contribution in [0.4, 0.5) is 0 Å². The van der Waals surface area contributed by atoms with Gasteiger partial charge in [0.05, 0.1) is 27.7 Å². The highest BCUT2D eigenvalue weighted by Crippen LogP contribution is 2.38. The van der Waals surface area contributed by atoms with Gasteiger partial charge in [-0.05, 0) is 109 Å². The first-order valence-corrected chi connectivity index (χ1v) is 38.4. The third-order valence-corrected chi connectivity index (χ3v) is 16.6. The van der Waals surface area contributed by atoms with E-state index < -0.39 is 26.5 Å². The number of carbonyl (C=O) groups is 2. The molecule has 0 rings (SSSR count). The Morgan fingerprint density at radius 1 is 0.344 bits per heavy atom. The second-order valence-corrected chi connectivity index (χ2v) is 27.0. The lowest BCUT2D eigenvalue weighted by molar-refractivity contribution is -0.870. The summed E-state index contributed by atoms with van der Waals surface area (Å²) in [7, 11) is 1.16. The van der Waals surface area contributed by atoms with Gasteiger partial charge in [0, 0.05) is 12.8 Å². The number of nitrogens with zero attached hydrogens (tertiary/aromatic N) is 1. The molecule has 0 aliphatic carbocycles. The van der Waals surface area contributed by atoms with Crippen molar-refractivity contribution in [2.45, 2.75) is 315 Å². The third-order valence-electron chi connectivity index (χ3n) is 15.7. The molecule has 10 heteroatoms. The number of hydrogen-bond donors (Lipinski definition) is 0. The fourth-order valence-corrected chi connectivity index (χ4v) is 10.8. The first-order chi connectivity index (χ1) is 44.0. The van der Waals surface area contributed by atoms with Gasteiger partial charge in [-0.25, -0.2) is 0 Å². The SMILES string of the molecule is CC/C=C\C/C=C\C/C=C\C/C=C\C/C=C\C/C=C\CCCCCCCCCCCCCCCCCCCCCCCCC(=O)OC(COC(=O)CCCCCCCCCCC/C=C\C/C=C\C/C=C\C/C=C\C/C=C\CC)COP(=O)([O-])OCC[N+](C)(C)C. The van der Waals surface area contributed by atoms with Gasteiger partial charge in [-0.1, -0.05) is 321 Å². The van der Waals surface area contributed by atoms with Crippen LogP contribution in [0.1, 0.15) is 309 Å². The van der Waals surface area contributed by atoms with Gasteiger partial charge in [0.15, 0.2) is 6.10 Å². The van der Waals surface area contributed by atoms with Crippen molar-refractivity contribution in [1.82, 2.24) is 0 Å². The summed E-state index contributed by atoms with van der Waals surface area (Å²) in [6.07, 6.45) is 101. The number of likely N-dealkylation sites (N-methyl/N-ethyl adjacent to an activating group) is 1. The molecule has 9 nitrogen and oxygen atoms in total. The summed E-state index contributed by atoms with van der Waals surface area (Å²) in [5, 5.41) is 0. The molecule has 0 N–H and O–H groups in total. The highest BCUT2D eigenvalue weighted by molar-refractivity contribution is 7.45. The Morgan fingerprint density at radius 3 is 0.889 bits per heavy atom. The number of rotatable bonds is 67. The molecule has 2 atom stereocenters. The van der Waals surface area contributed by atoms with Crippen molar-refractivity contribution in [3.05, 3.63) is 134 Å². The second-order valence-electron chi connectivity index (χ2n) is 25.5. The number of ether oxygens (including phenoxy) is 2. The summed E-state index contributed by atoms with van der Waals surface area (Å²) < 4.78 is 34.3. The van der Waals surface area contributed by atoms with E-state index in [0.29, 0.717) is 17.4 Å². The maximum atomic E-state index is 12.9. The van der Waals surface area contributed by atoms with Gasteiger partial charge in [-0.15, -0.1) is 0 Å². The van der Waals surface area contributed by atoms with Crippen molar-refractivity contribution >= 4 is 19.8 Å². The number of phosphoric acid groups is 1. The molecule has 0 aliphatic rings. The number of allylic oxidation sites excluding steroid dienone is 22. The van der Waals surface area contributed by atoms with Crippen LogP contribution in [0.15, 0.2) is 134 Å². The molecule has 0 aliphatic heterocycles. The van der Waals surface area contributed by atoms with Gasteiger partial charge in [0.1, 0.15) is 19.8 Å². The summed E-state index contributed by atoms with van der Waals surface area (Å²) in [5.74, 6) is -0.835. The number of esters is 2. The van der Waals surface area contributed by atoms with Crippen molar-refractivity contribution in [2.75, 3.05) is 47.5 Å². The summed E-state index contributed by atoms with van der Waals surface area (Å²) >= 11 is 0. The van der Waals surface area contributed by atoms with Crippen LogP contribution in [0, 0.1) is 0 Å². The molecule has 2 unspecified atom stereocenters. The van der Waals surface area contributed by atoms with Crippen LogP contribution in [-0.2, 0) is 32.7 Å². The van der Waals surface area contributed by atoms with E-state index in [9.17, 15) is 19.0 Å². The number of unbranched alkanes of at least 4 members (excludes halogenated alkanes) is 31. The number of phosphoric ester groups is 1. The molecule has 0 saturated heterocycles. The lowest BCUT2D eigenvalue weighted by Gasteiger charge is -2.28. The number of quaternary nitrogens is 1. The first kappa shape index (κ1) is 86.2. The Balaban J connectivity index is 3.98. The van der Waals surface area contributed by atoms with Crippen LogP contribution in [-0.4, -0.2) is 70.0 Å². The monoisotopic (exact) mass is 1270 g/mol. The zero-order valence-corrected chi connectivity index (χ0v) is 59.7.